The largest absolute Gasteiger partial charge is 0.497 e. The number of nitrogens with zero attached hydrogens (tertiary/aromatic N) is 2. The van der Waals surface area contributed by atoms with Crippen LogP contribution in [0.3, 0.4) is 0 Å². The lowest BCUT2D eigenvalue weighted by Gasteiger charge is -2.20. The zero-order valence-electron chi connectivity index (χ0n) is 18.5. The Kier molecular flexibility index (Phi) is 6.11. The van der Waals surface area contributed by atoms with E-state index in [4.69, 9.17) is 4.74 Å². The smallest absolute Gasteiger partial charge is 0.271 e. The second kappa shape index (κ2) is 8.57. The number of nitrogens with one attached hydrogen (secondary N) is 1. The van der Waals surface area contributed by atoms with Gasteiger partial charge in [-0.2, -0.15) is 5.10 Å². The number of benzene rings is 2. The maximum absolute atomic E-state index is 12.3. The Labute approximate surface area is 178 Å². The van der Waals surface area contributed by atoms with E-state index in [0.29, 0.717) is 11.3 Å². The third kappa shape index (κ3) is 4.62. The molecule has 0 unspecified atom stereocenters. The lowest BCUT2D eigenvalue weighted by molar-refractivity contribution is 0.0955. The number of carbonyl (C=O) groups is 1. The van der Waals surface area contributed by atoms with Crippen LogP contribution in [-0.4, -0.2) is 23.8 Å². The number of aromatic nitrogens is 1. The average Bonchev–Trinajstić information content (AvgIpc) is 3.00. The Morgan fingerprint density at radius 2 is 1.77 bits per heavy atom. The number of amides is 1. The van der Waals surface area contributed by atoms with Crippen LogP contribution in [0.1, 0.15) is 53.6 Å². The fourth-order valence-corrected chi connectivity index (χ4v) is 3.42. The molecule has 1 amide bonds. The normalized spacial score (nSPS) is 11.7. The third-order valence-electron chi connectivity index (χ3n) is 5.16. The third-order valence-corrected chi connectivity index (χ3v) is 5.16. The molecule has 3 aromatic rings. The summed E-state index contributed by atoms with van der Waals surface area (Å²) in [5, 5.41) is 4.15. The number of hydrazone groups is 1. The van der Waals surface area contributed by atoms with E-state index in [1.807, 2.05) is 0 Å². The maximum atomic E-state index is 12.3. The summed E-state index contributed by atoms with van der Waals surface area (Å²) in [6, 6.07) is 17.7. The van der Waals surface area contributed by atoms with Crippen LogP contribution < -0.4 is 10.2 Å². The van der Waals surface area contributed by atoms with Crippen LogP contribution in [0, 0.1) is 13.8 Å². The molecule has 156 valence electrons. The SMILES string of the molecule is COc1cccc(C(=O)N/N=C\c2cc(C)n(-c3ccc(C(C)(C)C)cc3)c2C)c1. The highest BCUT2D eigenvalue weighted by atomic mass is 16.5. The Balaban J connectivity index is 1.77. The van der Waals surface area contributed by atoms with E-state index in [2.05, 4.69) is 80.0 Å². The standard InChI is InChI=1S/C25H29N3O2/c1-17-14-20(16-26-27-24(29)19-8-7-9-23(15-19)30-6)18(2)28(17)22-12-10-21(11-13-22)25(3,4)5/h7-16H,1-6H3,(H,27,29)/b26-16-. The lowest BCUT2D eigenvalue weighted by Crippen LogP contribution is -2.17. The molecular weight excluding hydrogens is 374 g/mol. The number of hydrogen-bond acceptors (Lipinski definition) is 3. The molecule has 0 spiro atoms. The Morgan fingerprint density at radius 3 is 2.40 bits per heavy atom. The lowest BCUT2D eigenvalue weighted by atomic mass is 9.87. The molecule has 0 bridgehead atoms. The minimum absolute atomic E-state index is 0.123. The molecule has 5 heteroatoms. The molecule has 3 rings (SSSR count). The van der Waals surface area contributed by atoms with E-state index < -0.39 is 0 Å². The molecule has 1 aromatic heterocycles. The molecule has 1 N–H and O–H groups in total. The molecule has 30 heavy (non-hydrogen) atoms. The van der Waals surface area contributed by atoms with Gasteiger partial charge in [0.15, 0.2) is 0 Å². The zero-order chi connectivity index (χ0) is 21.9. The molecule has 0 aliphatic carbocycles. The van der Waals surface area contributed by atoms with Crippen molar-refractivity contribution in [2.24, 2.45) is 5.10 Å². The van der Waals surface area contributed by atoms with E-state index in [-0.39, 0.29) is 11.3 Å². The van der Waals surface area contributed by atoms with E-state index in [1.165, 1.54) is 5.56 Å². The number of aryl methyl sites for hydroxylation is 1. The van der Waals surface area contributed by atoms with Crippen LogP contribution >= 0.6 is 0 Å². The molecule has 0 radical (unpaired) electrons. The van der Waals surface area contributed by atoms with Crippen molar-refractivity contribution in [3.63, 3.8) is 0 Å². The zero-order valence-corrected chi connectivity index (χ0v) is 18.5. The Bertz CT molecular complexity index is 1070. The summed E-state index contributed by atoms with van der Waals surface area (Å²) in [5.74, 6) is 0.351. The van der Waals surface area contributed by atoms with Gasteiger partial charge in [-0.05, 0) is 61.2 Å². The summed E-state index contributed by atoms with van der Waals surface area (Å²) in [6.07, 6.45) is 1.68. The Morgan fingerprint density at radius 1 is 1.07 bits per heavy atom. The molecule has 1 heterocycles. The highest BCUT2D eigenvalue weighted by Crippen LogP contribution is 2.25. The molecule has 5 nitrogen and oxygen atoms in total. The average molecular weight is 404 g/mol. The van der Waals surface area contributed by atoms with Crippen molar-refractivity contribution in [2.75, 3.05) is 7.11 Å². The van der Waals surface area contributed by atoms with Crippen molar-refractivity contribution in [2.45, 2.75) is 40.0 Å². The second-order valence-electron chi connectivity index (χ2n) is 8.39. The molecule has 0 saturated heterocycles. The van der Waals surface area contributed by atoms with Gasteiger partial charge in [0.25, 0.3) is 5.91 Å². The molecule has 0 aliphatic rings. The van der Waals surface area contributed by atoms with Crippen LogP contribution in [0.2, 0.25) is 0 Å². The highest BCUT2D eigenvalue weighted by Gasteiger charge is 2.15. The first-order valence-electron chi connectivity index (χ1n) is 9.98. The molecule has 0 fully saturated rings. The fraction of sp³-hybridized carbons (Fsp3) is 0.280. The van der Waals surface area contributed by atoms with Crippen molar-refractivity contribution < 1.29 is 9.53 Å². The van der Waals surface area contributed by atoms with Gasteiger partial charge in [-0.15, -0.1) is 0 Å². The van der Waals surface area contributed by atoms with Crippen LogP contribution in [0.4, 0.5) is 0 Å². The summed E-state index contributed by atoms with van der Waals surface area (Å²) in [4.78, 5) is 12.3. The predicted molar refractivity (Wildman–Crippen MR) is 122 cm³/mol. The topological polar surface area (TPSA) is 55.6 Å². The van der Waals surface area contributed by atoms with Gasteiger partial charge in [-0.1, -0.05) is 39.0 Å². The summed E-state index contributed by atoms with van der Waals surface area (Å²) in [7, 11) is 1.57. The number of methoxy groups -OCH3 is 1. The van der Waals surface area contributed by atoms with Crippen molar-refractivity contribution in [1.82, 2.24) is 9.99 Å². The van der Waals surface area contributed by atoms with Crippen LogP contribution in [-0.2, 0) is 5.41 Å². The number of ether oxygens (including phenoxy) is 1. The molecule has 0 aliphatic heterocycles. The fourth-order valence-electron chi connectivity index (χ4n) is 3.42. The summed E-state index contributed by atoms with van der Waals surface area (Å²) in [6.45, 7) is 10.8. The first kappa shape index (κ1) is 21.4. The first-order chi connectivity index (χ1) is 14.2. The van der Waals surface area contributed by atoms with E-state index in [0.717, 1.165) is 22.6 Å². The predicted octanol–water partition coefficient (Wildman–Crippen LogP) is 5.16. The van der Waals surface area contributed by atoms with Gasteiger partial charge in [0.2, 0.25) is 0 Å². The minimum Gasteiger partial charge on any atom is -0.497 e. The maximum Gasteiger partial charge on any atom is 0.271 e. The monoisotopic (exact) mass is 403 g/mol. The summed E-state index contributed by atoms with van der Waals surface area (Å²) < 4.78 is 7.35. The molecule has 2 aromatic carbocycles. The van der Waals surface area contributed by atoms with Crippen LogP contribution in [0.5, 0.6) is 5.75 Å². The van der Waals surface area contributed by atoms with Gasteiger partial charge >= 0.3 is 0 Å². The van der Waals surface area contributed by atoms with Crippen LogP contribution in [0.15, 0.2) is 59.7 Å². The number of carbonyl (C=O) groups excluding carboxylic acids is 1. The molecule has 0 atom stereocenters. The minimum atomic E-state index is -0.281. The quantitative estimate of drug-likeness (QED) is 0.472. The number of hydrogen-bond donors (Lipinski definition) is 1. The van der Waals surface area contributed by atoms with Crippen molar-refractivity contribution in [3.05, 3.63) is 82.7 Å². The molecule has 0 saturated carbocycles. The van der Waals surface area contributed by atoms with Crippen LogP contribution in [0.25, 0.3) is 5.69 Å². The first-order valence-corrected chi connectivity index (χ1v) is 9.98. The van der Waals surface area contributed by atoms with Gasteiger partial charge in [0, 0.05) is 28.2 Å². The molecular formula is C25H29N3O2. The van der Waals surface area contributed by atoms with Crippen molar-refractivity contribution >= 4 is 12.1 Å². The van der Waals surface area contributed by atoms with E-state index in [9.17, 15) is 4.79 Å². The van der Waals surface area contributed by atoms with Gasteiger partial charge in [-0.3, -0.25) is 4.79 Å². The van der Waals surface area contributed by atoms with E-state index in [1.54, 1.807) is 37.6 Å². The van der Waals surface area contributed by atoms with Gasteiger partial charge in [-0.25, -0.2) is 5.43 Å². The summed E-state index contributed by atoms with van der Waals surface area (Å²) >= 11 is 0. The van der Waals surface area contributed by atoms with Gasteiger partial charge in [0.1, 0.15) is 5.75 Å². The van der Waals surface area contributed by atoms with Crippen molar-refractivity contribution in [3.8, 4) is 11.4 Å². The Hall–Kier alpha value is -3.34. The highest BCUT2D eigenvalue weighted by molar-refractivity contribution is 5.95. The van der Waals surface area contributed by atoms with Gasteiger partial charge in [0.05, 0.1) is 13.3 Å². The second-order valence-corrected chi connectivity index (χ2v) is 8.39. The summed E-state index contributed by atoms with van der Waals surface area (Å²) in [5.41, 5.74) is 8.74. The van der Waals surface area contributed by atoms with Gasteiger partial charge < -0.3 is 9.30 Å². The van der Waals surface area contributed by atoms with E-state index >= 15 is 0 Å². The van der Waals surface area contributed by atoms with Crippen molar-refractivity contribution in [1.29, 1.82) is 0 Å². The number of rotatable bonds is 5.